The van der Waals surface area contributed by atoms with Gasteiger partial charge >= 0.3 is 0 Å². The predicted molar refractivity (Wildman–Crippen MR) is 153 cm³/mol. The maximum atomic E-state index is 12.8. The molecule has 0 radical (unpaired) electrons. The van der Waals surface area contributed by atoms with E-state index >= 15 is 0 Å². The van der Waals surface area contributed by atoms with Crippen LogP contribution >= 0.6 is 11.3 Å². The molecule has 6 aromatic heterocycles. The molecule has 6 aromatic rings. The zero-order valence-electron chi connectivity index (χ0n) is 21.4. The highest BCUT2D eigenvalue weighted by Gasteiger charge is 2.22. The van der Waals surface area contributed by atoms with E-state index in [1.54, 1.807) is 36.1 Å². The van der Waals surface area contributed by atoms with Gasteiger partial charge in [-0.25, -0.2) is 4.98 Å². The van der Waals surface area contributed by atoms with Crippen molar-refractivity contribution in [2.75, 3.05) is 5.32 Å². The van der Waals surface area contributed by atoms with E-state index in [-0.39, 0.29) is 11.8 Å². The molecule has 0 saturated heterocycles. The molecule has 0 atom stereocenters. The molecule has 1 aliphatic rings. The van der Waals surface area contributed by atoms with Gasteiger partial charge in [0.1, 0.15) is 16.9 Å². The van der Waals surface area contributed by atoms with Crippen molar-refractivity contribution >= 4 is 44.9 Å². The molecule has 39 heavy (non-hydrogen) atoms. The van der Waals surface area contributed by atoms with Gasteiger partial charge in [0, 0.05) is 34.1 Å². The number of nitrogens with one attached hydrogen (secondary N) is 3. The maximum Gasteiger partial charge on any atom is 0.227 e. The van der Waals surface area contributed by atoms with Crippen LogP contribution < -0.4 is 5.32 Å². The van der Waals surface area contributed by atoms with Gasteiger partial charge in [0.05, 0.1) is 39.7 Å². The van der Waals surface area contributed by atoms with Gasteiger partial charge in [0.15, 0.2) is 5.82 Å². The average molecular weight is 535 g/mol. The molecule has 1 aliphatic carbocycles. The van der Waals surface area contributed by atoms with E-state index in [0.29, 0.717) is 17.2 Å². The highest BCUT2D eigenvalue weighted by Crippen LogP contribution is 2.34. The van der Waals surface area contributed by atoms with Crippen LogP contribution in [0.15, 0.2) is 55.1 Å². The Labute approximate surface area is 228 Å². The number of rotatable bonds is 5. The van der Waals surface area contributed by atoms with E-state index in [9.17, 15) is 4.79 Å². The number of aromatic nitrogens is 7. The third kappa shape index (κ3) is 4.46. The average Bonchev–Trinajstić information content (AvgIpc) is 3.71. The van der Waals surface area contributed by atoms with Crippen LogP contribution in [0, 0.1) is 12.8 Å². The number of carbonyl (C=O) groups excluding carboxylic acids is 1. The lowest BCUT2D eigenvalue weighted by atomic mass is 9.88. The van der Waals surface area contributed by atoms with Gasteiger partial charge in [-0.15, -0.1) is 11.3 Å². The van der Waals surface area contributed by atoms with E-state index in [1.807, 2.05) is 18.2 Å². The molecule has 194 valence electrons. The summed E-state index contributed by atoms with van der Waals surface area (Å²) in [5, 5.41) is 11.6. The molecule has 0 aliphatic heterocycles. The van der Waals surface area contributed by atoms with Crippen LogP contribution in [0.5, 0.6) is 0 Å². The number of aryl methyl sites for hydroxylation is 1. The van der Waals surface area contributed by atoms with Gasteiger partial charge < -0.3 is 10.3 Å². The monoisotopic (exact) mass is 534 g/mol. The Kier molecular flexibility index (Phi) is 5.89. The second-order valence-corrected chi connectivity index (χ2v) is 11.3. The second kappa shape index (κ2) is 9.70. The first-order chi connectivity index (χ1) is 19.1. The first kappa shape index (κ1) is 23.7. The lowest BCUT2D eigenvalue weighted by Gasteiger charge is -2.20. The number of anilines is 1. The van der Waals surface area contributed by atoms with Gasteiger partial charge in [-0.05, 0) is 50.1 Å². The fourth-order valence-corrected chi connectivity index (χ4v) is 6.17. The number of pyridine rings is 3. The Balaban J connectivity index is 1.22. The van der Waals surface area contributed by atoms with Crippen molar-refractivity contribution in [1.82, 2.24) is 35.1 Å². The zero-order chi connectivity index (χ0) is 26.3. The molecule has 6 heterocycles. The molecule has 1 fully saturated rings. The Hall–Kier alpha value is -4.44. The standard InChI is InChI=1S/C29H26N8OS/c1-16-7-8-24(39-16)27-26-21(9-10-31-27)34-28(35-26)25-20-12-22(32-15-23(20)36-37-25)18-11-19(14-30-13-18)33-29(38)17-5-3-2-4-6-17/h7-15,17H,2-6H2,1H3,(H,33,38)(H,34,35)(H,36,37). The Morgan fingerprint density at radius 1 is 1.00 bits per heavy atom. The number of carbonyl (C=O) groups is 1. The predicted octanol–water partition coefficient (Wildman–Crippen LogP) is 6.51. The van der Waals surface area contributed by atoms with Gasteiger partial charge in [-0.1, -0.05) is 19.3 Å². The van der Waals surface area contributed by atoms with Crippen molar-refractivity contribution < 1.29 is 4.79 Å². The van der Waals surface area contributed by atoms with Crippen LogP contribution in [0.1, 0.15) is 37.0 Å². The van der Waals surface area contributed by atoms with E-state index in [2.05, 4.69) is 54.5 Å². The van der Waals surface area contributed by atoms with Crippen molar-refractivity contribution in [3.63, 3.8) is 0 Å². The van der Waals surface area contributed by atoms with E-state index in [0.717, 1.165) is 69.4 Å². The molecule has 3 N–H and O–H groups in total. The summed E-state index contributed by atoms with van der Waals surface area (Å²) in [6.45, 7) is 2.08. The third-order valence-corrected chi connectivity index (χ3v) is 8.33. The van der Waals surface area contributed by atoms with Crippen molar-refractivity contribution in [1.29, 1.82) is 0 Å². The van der Waals surface area contributed by atoms with Crippen LogP contribution in [0.3, 0.4) is 0 Å². The van der Waals surface area contributed by atoms with Crippen molar-refractivity contribution in [2.24, 2.45) is 5.92 Å². The van der Waals surface area contributed by atoms with Crippen LogP contribution in [-0.2, 0) is 4.79 Å². The summed E-state index contributed by atoms with van der Waals surface area (Å²) < 4.78 is 0. The molecule has 0 spiro atoms. The van der Waals surface area contributed by atoms with Gasteiger partial charge in [0.2, 0.25) is 5.91 Å². The lowest BCUT2D eigenvalue weighted by molar-refractivity contribution is -0.120. The number of thiophene rings is 1. The van der Waals surface area contributed by atoms with E-state index in [1.165, 1.54) is 11.3 Å². The fourth-order valence-electron chi connectivity index (χ4n) is 5.30. The van der Waals surface area contributed by atoms with Crippen LogP contribution in [0.4, 0.5) is 5.69 Å². The third-order valence-electron chi connectivity index (χ3n) is 7.32. The molecule has 7 rings (SSSR count). The summed E-state index contributed by atoms with van der Waals surface area (Å²) >= 11 is 1.70. The summed E-state index contributed by atoms with van der Waals surface area (Å²) in [5.41, 5.74) is 6.30. The number of aromatic amines is 2. The largest absolute Gasteiger partial charge is 0.336 e. The zero-order valence-corrected chi connectivity index (χ0v) is 22.2. The smallest absolute Gasteiger partial charge is 0.227 e. The van der Waals surface area contributed by atoms with Crippen LogP contribution in [0.25, 0.3) is 55.3 Å². The normalized spacial score (nSPS) is 14.3. The Bertz CT molecular complexity index is 1830. The molecule has 0 unspecified atom stereocenters. The Morgan fingerprint density at radius 2 is 1.90 bits per heavy atom. The van der Waals surface area contributed by atoms with Crippen molar-refractivity contribution in [2.45, 2.75) is 39.0 Å². The topological polar surface area (TPSA) is 125 Å². The first-order valence-electron chi connectivity index (χ1n) is 13.1. The Morgan fingerprint density at radius 3 is 2.74 bits per heavy atom. The number of amides is 1. The van der Waals surface area contributed by atoms with Gasteiger partial charge in [0.25, 0.3) is 0 Å². The number of H-pyrrole nitrogens is 2. The summed E-state index contributed by atoms with van der Waals surface area (Å²) in [4.78, 5) is 37.0. The summed E-state index contributed by atoms with van der Waals surface area (Å²) in [6, 6.07) is 10.00. The maximum absolute atomic E-state index is 12.8. The van der Waals surface area contributed by atoms with Crippen LogP contribution in [-0.4, -0.2) is 41.0 Å². The minimum atomic E-state index is 0.0747. The van der Waals surface area contributed by atoms with Crippen molar-refractivity contribution in [3.05, 3.63) is 60.0 Å². The number of fused-ring (bicyclic) bond motifs is 2. The molecule has 1 amide bonds. The van der Waals surface area contributed by atoms with Gasteiger partial charge in [-0.3, -0.25) is 24.8 Å². The summed E-state index contributed by atoms with van der Waals surface area (Å²) in [7, 11) is 0. The summed E-state index contributed by atoms with van der Waals surface area (Å²) in [6.07, 6.45) is 12.3. The number of nitrogens with zero attached hydrogens (tertiary/aromatic N) is 5. The number of hydrogen-bond donors (Lipinski definition) is 3. The molecule has 1 saturated carbocycles. The highest BCUT2D eigenvalue weighted by atomic mass is 32.1. The summed E-state index contributed by atoms with van der Waals surface area (Å²) in [5.74, 6) is 0.807. The van der Waals surface area contributed by atoms with Gasteiger partial charge in [-0.2, -0.15) is 5.10 Å². The first-order valence-corrected chi connectivity index (χ1v) is 14.0. The minimum absolute atomic E-state index is 0.0747. The number of hydrogen-bond acceptors (Lipinski definition) is 7. The quantitative estimate of drug-likeness (QED) is 0.231. The molecule has 10 heteroatoms. The fraction of sp³-hybridized carbons (Fsp3) is 0.241. The number of imidazole rings is 1. The second-order valence-electron chi connectivity index (χ2n) is 10.0. The van der Waals surface area contributed by atoms with Crippen molar-refractivity contribution in [3.8, 4) is 33.3 Å². The van der Waals surface area contributed by atoms with E-state index < -0.39 is 0 Å². The molecule has 0 aromatic carbocycles. The van der Waals surface area contributed by atoms with Crippen LogP contribution in [0.2, 0.25) is 0 Å². The molecule has 0 bridgehead atoms. The minimum Gasteiger partial charge on any atom is -0.336 e. The lowest BCUT2D eigenvalue weighted by Crippen LogP contribution is -2.24. The SMILES string of the molecule is Cc1ccc(-c2nccc3[nH]c(-c4n[nH]c5cnc(-c6cncc(NC(=O)C7CCCCC7)c6)cc45)nc23)s1. The molecular weight excluding hydrogens is 508 g/mol. The van der Waals surface area contributed by atoms with E-state index in [4.69, 9.17) is 4.98 Å². The molecule has 9 nitrogen and oxygen atoms in total. The molecular formula is C29H26N8OS. The highest BCUT2D eigenvalue weighted by molar-refractivity contribution is 7.15.